The molecule has 0 atom stereocenters. The smallest absolute Gasteiger partial charge is 0.345 e. The highest BCUT2D eigenvalue weighted by Crippen LogP contribution is 2.19. The lowest BCUT2D eigenvalue weighted by molar-refractivity contribution is 0.0512. The molecule has 0 aromatic carbocycles. The summed E-state index contributed by atoms with van der Waals surface area (Å²) in [6, 6.07) is 0. The third-order valence-corrected chi connectivity index (χ3v) is 3.73. The molecule has 0 unspecified atom stereocenters. The molecule has 0 bridgehead atoms. The summed E-state index contributed by atoms with van der Waals surface area (Å²) in [5.41, 5.74) is -1.02. The topological polar surface area (TPSA) is 82.8 Å². The highest BCUT2D eigenvalue weighted by molar-refractivity contribution is 5.96. The Balaban J connectivity index is 3.55. The van der Waals surface area contributed by atoms with Crippen LogP contribution < -0.4 is 5.43 Å². The molecule has 0 spiro atoms. The number of esters is 2. The van der Waals surface area contributed by atoms with E-state index in [4.69, 9.17) is 13.9 Å². The van der Waals surface area contributed by atoms with Gasteiger partial charge >= 0.3 is 11.9 Å². The van der Waals surface area contributed by atoms with E-state index in [9.17, 15) is 14.4 Å². The van der Waals surface area contributed by atoms with E-state index in [1.807, 2.05) is 13.8 Å². The predicted octanol–water partition coefficient (Wildman–Crippen LogP) is 3.68. The van der Waals surface area contributed by atoms with Crippen LogP contribution in [0.1, 0.15) is 85.6 Å². The largest absolute Gasteiger partial charge is 0.464 e. The number of unbranched alkanes of at least 4 members (excludes halogenated alkanes) is 2. The number of ether oxygens (including phenoxy) is 2. The molecule has 1 heterocycles. The quantitative estimate of drug-likeness (QED) is 0.597. The summed E-state index contributed by atoms with van der Waals surface area (Å²) >= 11 is 0. The molecule has 1 rings (SSSR count). The standard InChI is InChI=1S/C19H28O6/c1-5-9-11-13-15(18(21)23-7-3)17(20)16(19(22)24-8-4)14(25-13)12-10-6-2/h5-12H2,1-4H3. The number of carbonyl (C=O) groups is 2. The molecule has 1 aromatic heterocycles. The first-order chi connectivity index (χ1) is 12.0. The maximum absolute atomic E-state index is 12.9. The summed E-state index contributed by atoms with van der Waals surface area (Å²) in [6.45, 7) is 7.61. The van der Waals surface area contributed by atoms with Gasteiger partial charge in [0.25, 0.3) is 0 Å². The fourth-order valence-corrected chi connectivity index (χ4v) is 2.48. The zero-order valence-electron chi connectivity index (χ0n) is 15.6. The lowest BCUT2D eigenvalue weighted by Gasteiger charge is -2.13. The minimum atomic E-state index is -0.755. The van der Waals surface area contributed by atoms with Crippen LogP contribution >= 0.6 is 0 Å². The van der Waals surface area contributed by atoms with Gasteiger partial charge in [-0.05, 0) is 26.7 Å². The van der Waals surface area contributed by atoms with Crippen LogP contribution in [0, 0.1) is 0 Å². The van der Waals surface area contributed by atoms with Crippen LogP contribution in [0.2, 0.25) is 0 Å². The fraction of sp³-hybridized carbons (Fsp3) is 0.632. The molecule has 6 nitrogen and oxygen atoms in total. The van der Waals surface area contributed by atoms with Crippen LogP contribution in [0.25, 0.3) is 0 Å². The summed E-state index contributed by atoms with van der Waals surface area (Å²) in [7, 11) is 0. The molecule has 0 saturated carbocycles. The maximum Gasteiger partial charge on any atom is 0.345 e. The molecule has 0 N–H and O–H groups in total. The van der Waals surface area contributed by atoms with E-state index in [0.717, 1.165) is 25.7 Å². The second-order valence-corrected chi connectivity index (χ2v) is 5.68. The van der Waals surface area contributed by atoms with Crippen molar-refractivity contribution in [3.05, 3.63) is 32.9 Å². The van der Waals surface area contributed by atoms with E-state index in [1.54, 1.807) is 13.8 Å². The predicted molar refractivity (Wildman–Crippen MR) is 94.1 cm³/mol. The molecule has 6 heteroatoms. The second-order valence-electron chi connectivity index (χ2n) is 5.68. The van der Waals surface area contributed by atoms with Crippen molar-refractivity contribution in [2.24, 2.45) is 0 Å². The average Bonchev–Trinajstić information content (AvgIpc) is 2.57. The van der Waals surface area contributed by atoms with Crippen LogP contribution in [0.3, 0.4) is 0 Å². The zero-order valence-corrected chi connectivity index (χ0v) is 15.6. The molecule has 0 aliphatic carbocycles. The minimum absolute atomic E-state index is 0.137. The van der Waals surface area contributed by atoms with E-state index in [1.165, 1.54) is 0 Å². The van der Waals surface area contributed by atoms with Gasteiger partial charge in [-0.2, -0.15) is 0 Å². The van der Waals surface area contributed by atoms with Gasteiger partial charge in [-0.15, -0.1) is 0 Å². The van der Waals surface area contributed by atoms with Crippen molar-refractivity contribution in [2.75, 3.05) is 13.2 Å². The van der Waals surface area contributed by atoms with Crippen molar-refractivity contribution >= 4 is 11.9 Å². The van der Waals surface area contributed by atoms with E-state index in [2.05, 4.69) is 0 Å². The van der Waals surface area contributed by atoms with Gasteiger partial charge in [-0.1, -0.05) is 26.7 Å². The Morgan fingerprint density at radius 3 is 1.52 bits per heavy atom. The third kappa shape index (κ3) is 5.44. The van der Waals surface area contributed by atoms with Gasteiger partial charge in [0.1, 0.15) is 22.6 Å². The van der Waals surface area contributed by atoms with Gasteiger partial charge in [-0.25, -0.2) is 9.59 Å². The number of hydrogen-bond donors (Lipinski definition) is 0. The third-order valence-electron chi connectivity index (χ3n) is 3.73. The molecule has 0 saturated heterocycles. The lowest BCUT2D eigenvalue weighted by Crippen LogP contribution is -2.28. The van der Waals surface area contributed by atoms with Crippen molar-refractivity contribution in [1.82, 2.24) is 0 Å². The molecule has 0 aliphatic heterocycles. The maximum atomic E-state index is 12.9. The number of aryl methyl sites for hydroxylation is 2. The van der Waals surface area contributed by atoms with Crippen molar-refractivity contribution < 1.29 is 23.5 Å². The van der Waals surface area contributed by atoms with Gasteiger partial charge in [0.05, 0.1) is 13.2 Å². The number of rotatable bonds is 10. The van der Waals surface area contributed by atoms with Gasteiger partial charge in [-0.3, -0.25) is 4.79 Å². The molecule has 0 amide bonds. The SMILES string of the molecule is CCCCc1oc(CCCC)c(C(=O)OCC)c(=O)c1C(=O)OCC. The summed E-state index contributed by atoms with van der Waals surface area (Å²) < 4.78 is 15.8. The first-order valence-electron chi connectivity index (χ1n) is 9.04. The Hall–Kier alpha value is -2.11. The zero-order chi connectivity index (χ0) is 18.8. The molecule has 0 fully saturated rings. The summed E-state index contributed by atoms with van der Waals surface area (Å²) in [4.78, 5) is 37.5. The van der Waals surface area contributed by atoms with Crippen LogP contribution in [0.5, 0.6) is 0 Å². The van der Waals surface area contributed by atoms with E-state index < -0.39 is 17.4 Å². The van der Waals surface area contributed by atoms with E-state index in [0.29, 0.717) is 24.4 Å². The van der Waals surface area contributed by atoms with Gasteiger partial charge in [0.15, 0.2) is 0 Å². The van der Waals surface area contributed by atoms with Crippen molar-refractivity contribution in [3.63, 3.8) is 0 Å². The normalized spacial score (nSPS) is 10.6. The van der Waals surface area contributed by atoms with Crippen LogP contribution in [-0.2, 0) is 22.3 Å². The second kappa shape index (κ2) is 10.7. The molecular weight excluding hydrogens is 324 g/mol. The highest BCUT2D eigenvalue weighted by atomic mass is 16.5. The molecule has 0 radical (unpaired) electrons. The minimum Gasteiger partial charge on any atom is -0.464 e. The monoisotopic (exact) mass is 352 g/mol. The Labute approximate surface area is 148 Å². The molecule has 140 valence electrons. The molecular formula is C19H28O6. The lowest BCUT2D eigenvalue weighted by atomic mass is 10.0. The first kappa shape index (κ1) is 20.9. The van der Waals surface area contributed by atoms with Gasteiger partial charge < -0.3 is 13.9 Å². The van der Waals surface area contributed by atoms with Gasteiger partial charge in [0.2, 0.25) is 5.43 Å². The molecule has 0 aliphatic rings. The Kier molecular flexibility index (Phi) is 8.95. The molecule has 25 heavy (non-hydrogen) atoms. The summed E-state index contributed by atoms with van der Waals surface area (Å²) in [5, 5.41) is 0. The van der Waals surface area contributed by atoms with E-state index in [-0.39, 0.29) is 24.3 Å². The van der Waals surface area contributed by atoms with Crippen molar-refractivity contribution in [3.8, 4) is 0 Å². The van der Waals surface area contributed by atoms with Crippen LogP contribution in [-0.4, -0.2) is 25.2 Å². The fourth-order valence-electron chi connectivity index (χ4n) is 2.48. The number of carbonyl (C=O) groups excluding carboxylic acids is 2. The summed E-state index contributed by atoms with van der Waals surface area (Å²) in [6.07, 6.45) is 4.19. The Morgan fingerprint density at radius 1 is 0.800 bits per heavy atom. The van der Waals surface area contributed by atoms with Crippen molar-refractivity contribution in [1.29, 1.82) is 0 Å². The Morgan fingerprint density at radius 2 is 1.20 bits per heavy atom. The summed E-state index contributed by atoms with van der Waals surface area (Å²) in [5.74, 6) is -0.918. The van der Waals surface area contributed by atoms with Gasteiger partial charge in [0, 0.05) is 12.8 Å². The Bertz CT molecular complexity index is 593. The van der Waals surface area contributed by atoms with Crippen LogP contribution in [0.4, 0.5) is 0 Å². The van der Waals surface area contributed by atoms with Crippen molar-refractivity contribution in [2.45, 2.75) is 66.2 Å². The molecule has 1 aromatic rings. The van der Waals surface area contributed by atoms with E-state index >= 15 is 0 Å². The number of hydrogen-bond acceptors (Lipinski definition) is 6. The average molecular weight is 352 g/mol. The highest BCUT2D eigenvalue weighted by Gasteiger charge is 2.28. The van der Waals surface area contributed by atoms with Crippen LogP contribution in [0.15, 0.2) is 9.21 Å². The first-order valence-corrected chi connectivity index (χ1v) is 9.04.